The number of aryl methyl sites for hydroxylation is 1. The molecule has 3 unspecified atom stereocenters. The zero-order valence-electron chi connectivity index (χ0n) is 16.5. The van der Waals surface area contributed by atoms with E-state index in [0.29, 0.717) is 11.2 Å². The quantitative estimate of drug-likeness (QED) is 0.301. The molecule has 0 aliphatic rings. The molecule has 0 aromatic carbocycles. The first-order valence-electron chi connectivity index (χ1n) is 9.14. The molecule has 12 nitrogen and oxygen atoms in total. The van der Waals surface area contributed by atoms with Gasteiger partial charge in [0.2, 0.25) is 0 Å². The van der Waals surface area contributed by atoms with E-state index in [4.69, 9.17) is 14.7 Å². The maximum atomic E-state index is 11.9. The van der Waals surface area contributed by atoms with Crippen molar-refractivity contribution in [1.82, 2.24) is 19.1 Å². The number of imidazole rings is 1. The van der Waals surface area contributed by atoms with Crippen LogP contribution in [0.4, 0.5) is 0 Å². The van der Waals surface area contributed by atoms with E-state index in [-0.39, 0.29) is 24.9 Å². The number of rotatable bonds is 11. The van der Waals surface area contributed by atoms with Crippen LogP contribution in [0.3, 0.4) is 0 Å². The Morgan fingerprint density at radius 1 is 1.31 bits per heavy atom. The highest BCUT2D eigenvalue weighted by Crippen LogP contribution is 2.48. The van der Waals surface area contributed by atoms with Crippen molar-refractivity contribution in [3.8, 4) is 0 Å². The molecule has 5 N–H and O–H groups in total. The van der Waals surface area contributed by atoms with Crippen LogP contribution in [0.5, 0.6) is 0 Å². The van der Waals surface area contributed by atoms with Crippen LogP contribution in [-0.4, -0.2) is 70.6 Å². The van der Waals surface area contributed by atoms with Gasteiger partial charge in [0.25, 0.3) is 0 Å². The highest BCUT2D eigenvalue weighted by molar-refractivity contribution is 7.53. The van der Waals surface area contributed by atoms with E-state index in [1.165, 1.54) is 21.8 Å². The summed E-state index contributed by atoms with van der Waals surface area (Å²) in [5.74, 6) is -1.46. The molecule has 5 atom stereocenters. The fourth-order valence-electron chi connectivity index (χ4n) is 2.63. The lowest BCUT2D eigenvalue weighted by atomic mass is 10.3. The van der Waals surface area contributed by atoms with E-state index in [1.54, 1.807) is 20.9 Å². The number of aliphatic hydroxyl groups is 3. The SMILES string of the molecule is CCC(O)P(=O)(O)OC(C)CCO[C@H]([C@H](O)CO)n1cnc2c(=N)n(C)cnc21. The van der Waals surface area contributed by atoms with Crippen LogP contribution < -0.4 is 5.49 Å². The van der Waals surface area contributed by atoms with Crippen LogP contribution >= 0.6 is 7.60 Å². The van der Waals surface area contributed by atoms with E-state index in [9.17, 15) is 24.8 Å². The molecule has 0 fully saturated rings. The second-order valence-corrected chi connectivity index (χ2v) is 8.63. The zero-order chi connectivity index (χ0) is 21.8. The summed E-state index contributed by atoms with van der Waals surface area (Å²) in [4.78, 5) is 18.1. The molecule has 164 valence electrons. The van der Waals surface area contributed by atoms with Crippen LogP contribution in [0.1, 0.15) is 32.9 Å². The molecule has 0 radical (unpaired) electrons. The van der Waals surface area contributed by atoms with Crippen LogP contribution in [0, 0.1) is 5.41 Å². The lowest BCUT2D eigenvalue weighted by Crippen LogP contribution is -2.30. The highest BCUT2D eigenvalue weighted by Gasteiger charge is 2.31. The molecule has 13 heteroatoms. The van der Waals surface area contributed by atoms with Gasteiger partial charge in [0.1, 0.15) is 11.6 Å². The van der Waals surface area contributed by atoms with Crippen molar-refractivity contribution in [2.75, 3.05) is 13.2 Å². The summed E-state index contributed by atoms with van der Waals surface area (Å²) in [6, 6.07) is 0. The van der Waals surface area contributed by atoms with Crippen molar-refractivity contribution >= 4 is 18.8 Å². The van der Waals surface area contributed by atoms with Crippen molar-refractivity contribution in [3.05, 3.63) is 18.1 Å². The number of aromatic nitrogens is 4. The maximum absolute atomic E-state index is 11.9. The van der Waals surface area contributed by atoms with Gasteiger partial charge in [-0.05, 0) is 19.8 Å². The third kappa shape index (κ3) is 5.48. The van der Waals surface area contributed by atoms with Gasteiger partial charge in [0.15, 0.2) is 23.2 Å². The van der Waals surface area contributed by atoms with Crippen molar-refractivity contribution in [2.45, 2.75) is 51.0 Å². The van der Waals surface area contributed by atoms with Crippen LogP contribution in [0.25, 0.3) is 11.2 Å². The number of fused-ring (bicyclic) bond motifs is 1. The summed E-state index contributed by atoms with van der Waals surface area (Å²) >= 11 is 0. The lowest BCUT2D eigenvalue weighted by molar-refractivity contribution is -0.100. The molecule has 0 aliphatic carbocycles. The van der Waals surface area contributed by atoms with Crippen molar-refractivity contribution in [2.24, 2.45) is 7.05 Å². The Labute approximate surface area is 167 Å². The van der Waals surface area contributed by atoms with Gasteiger partial charge in [0.05, 0.1) is 32.0 Å². The predicted molar refractivity (Wildman–Crippen MR) is 102 cm³/mol. The van der Waals surface area contributed by atoms with Gasteiger partial charge in [-0.1, -0.05) is 6.92 Å². The standard InChI is InChI=1S/C16H28N5O7P/c1-4-12(24)29(25,26)28-10(2)5-6-27-16(11(23)7-22)21-9-18-13-14(17)20(3)8-19-15(13)21/h8-12,16-17,22-24H,4-7H2,1-3H3,(H,25,26)/t10?,11-,12?,16-/m1/s1. The van der Waals surface area contributed by atoms with E-state index in [1.807, 2.05) is 0 Å². The Hall–Kier alpha value is -1.66. The average Bonchev–Trinajstić information content (AvgIpc) is 3.10. The van der Waals surface area contributed by atoms with Gasteiger partial charge in [-0.3, -0.25) is 14.5 Å². The summed E-state index contributed by atoms with van der Waals surface area (Å²) in [7, 11) is -2.50. The van der Waals surface area contributed by atoms with E-state index < -0.39 is 38.5 Å². The Bertz CT molecular complexity index is 917. The number of aliphatic hydroxyl groups excluding tert-OH is 3. The van der Waals surface area contributed by atoms with Gasteiger partial charge in [0, 0.05) is 7.05 Å². The molecule has 0 bridgehead atoms. The second-order valence-electron chi connectivity index (χ2n) is 6.70. The molecular weight excluding hydrogens is 405 g/mol. The molecule has 29 heavy (non-hydrogen) atoms. The number of hydrogen-bond acceptors (Lipinski definition) is 9. The normalized spacial score (nSPS) is 18.3. The molecular formula is C16H28N5O7P. The van der Waals surface area contributed by atoms with Gasteiger partial charge < -0.3 is 34.0 Å². The van der Waals surface area contributed by atoms with Crippen molar-refractivity contribution in [3.63, 3.8) is 0 Å². The van der Waals surface area contributed by atoms with Gasteiger partial charge >= 0.3 is 7.60 Å². The third-order valence-electron chi connectivity index (χ3n) is 4.37. The molecule has 2 aromatic heterocycles. The van der Waals surface area contributed by atoms with E-state index in [2.05, 4.69) is 9.97 Å². The summed E-state index contributed by atoms with van der Waals surface area (Å²) in [6.07, 6.45) is 0.0263. The molecule has 2 rings (SSSR count). The molecule has 2 aromatic rings. The molecule has 0 saturated heterocycles. The van der Waals surface area contributed by atoms with Crippen LogP contribution in [-0.2, 0) is 20.9 Å². The van der Waals surface area contributed by atoms with Gasteiger partial charge in [-0.25, -0.2) is 9.97 Å². The number of ether oxygens (including phenoxy) is 1. The largest absolute Gasteiger partial charge is 0.394 e. The summed E-state index contributed by atoms with van der Waals surface area (Å²) in [5, 5.41) is 37.1. The van der Waals surface area contributed by atoms with Crippen molar-refractivity contribution in [1.29, 1.82) is 5.41 Å². The Kier molecular flexibility index (Phi) is 8.06. The number of nitrogens with zero attached hydrogens (tertiary/aromatic N) is 4. The zero-order valence-corrected chi connectivity index (χ0v) is 17.4. The van der Waals surface area contributed by atoms with Gasteiger partial charge in [-0.15, -0.1) is 0 Å². The predicted octanol–water partition coefficient (Wildman–Crippen LogP) is -0.173. The highest BCUT2D eigenvalue weighted by atomic mass is 31.2. The Morgan fingerprint density at radius 2 is 2.00 bits per heavy atom. The monoisotopic (exact) mass is 433 g/mol. The van der Waals surface area contributed by atoms with Crippen LogP contribution in [0.15, 0.2) is 12.7 Å². The molecule has 2 heterocycles. The minimum atomic E-state index is -4.16. The lowest BCUT2D eigenvalue weighted by Gasteiger charge is -2.25. The average molecular weight is 433 g/mol. The fraction of sp³-hybridized carbons (Fsp3) is 0.688. The van der Waals surface area contributed by atoms with Crippen LogP contribution in [0.2, 0.25) is 0 Å². The summed E-state index contributed by atoms with van der Waals surface area (Å²) < 4.78 is 25.6. The van der Waals surface area contributed by atoms with Gasteiger partial charge in [-0.2, -0.15) is 0 Å². The maximum Gasteiger partial charge on any atom is 0.356 e. The molecule has 0 amide bonds. The molecule has 0 aliphatic heterocycles. The molecule has 0 saturated carbocycles. The van der Waals surface area contributed by atoms with E-state index in [0.717, 1.165) is 0 Å². The Balaban J connectivity index is 2.10. The number of hydrogen-bond donors (Lipinski definition) is 5. The first-order valence-corrected chi connectivity index (χ1v) is 10.8. The first kappa shape index (κ1) is 23.6. The minimum Gasteiger partial charge on any atom is -0.394 e. The minimum absolute atomic E-state index is 0.0130. The van der Waals surface area contributed by atoms with E-state index >= 15 is 0 Å². The second kappa shape index (κ2) is 9.90. The fourth-order valence-corrected chi connectivity index (χ4v) is 3.86. The smallest absolute Gasteiger partial charge is 0.356 e. The Morgan fingerprint density at radius 3 is 2.62 bits per heavy atom. The van der Waals surface area contributed by atoms with Crippen molar-refractivity contribution < 1.29 is 34.0 Å². The molecule has 0 spiro atoms. The summed E-state index contributed by atoms with van der Waals surface area (Å²) in [5.41, 5.74) is 0.738. The first-order chi connectivity index (χ1) is 13.6. The topological polar surface area (TPSA) is 176 Å². The third-order valence-corrected chi connectivity index (χ3v) is 6.15. The number of nitrogens with one attached hydrogen (secondary N) is 1. The summed E-state index contributed by atoms with van der Waals surface area (Å²) in [6.45, 7) is 2.56.